The van der Waals surface area contributed by atoms with E-state index >= 15 is 0 Å². The minimum atomic E-state index is -1.69. The number of nitrogens with zero attached hydrogens (tertiary/aromatic N) is 1. The van der Waals surface area contributed by atoms with Gasteiger partial charge in [0.15, 0.2) is 6.10 Å². The van der Waals surface area contributed by atoms with Gasteiger partial charge in [0.2, 0.25) is 5.60 Å². The molecule has 0 saturated carbocycles. The summed E-state index contributed by atoms with van der Waals surface area (Å²) < 4.78 is 7.09. The Morgan fingerprint density at radius 3 is 2.30 bits per heavy atom. The van der Waals surface area contributed by atoms with Gasteiger partial charge in [-0.2, -0.15) is 0 Å². The van der Waals surface area contributed by atoms with Crippen molar-refractivity contribution in [2.75, 3.05) is 26.2 Å². The fraction of sp³-hybridized carbons (Fsp3) is 0.550. The van der Waals surface area contributed by atoms with Crippen LogP contribution in [0.15, 0.2) is 35.0 Å². The van der Waals surface area contributed by atoms with Crippen molar-refractivity contribution >= 4 is 28.6 Å². The molecule has 0 spiro atoms. The van der Waals surface area contributed by atoms with Crippen molar-refractivity contribution in [3.63, 3.8) is 0 Å². The van der Waals surface area contributed by atoms with Gasteiger partial charge < -0.3 is 31.3 Å². The molecule has 5 rings (SSSR count). The van der Waals surface area contributed by atoms with Gasteiger partial charge in [-0.1, -0.05) is 19.1 Å². The molecular weight excluding hydrogens is 446 g/mol. The summed E-state index contributed by atoms with van der Waals surface area (Å²) in [6.45, 7) is 6.68. The number of fused-ring (bicyclic) bond motifs is 3. The van der Waals surface area contributed by atoms with Crippen LogP contribution in [0.2, 0.25) is 0 Å². The van der Waals surface area contributed by atoms with Gasteiger partial charge in [0.05, 0.1) is 29.4 Å². The highest BCUT2D eigenvalue weighted by Gasteiger charge is 2.50. The SMILES string of the molecule is CCC[N+]12CCC(CC1)[C@@H](OC(=O)C(O)(c1cccs1)c1cccs1)C2.[Br-]. The minimum Gasteiger partial charge on any atom is -1.00 e. The van der Waals surface area contributed by atoms with Crippen LogP contribution in [0.25, 0.3) is 0 Å². The Bertz CT molecular complexity index is 700. The molecule has 0 aliphatic carbocycles. The summed E-state index contributed by atoms with van der Waals surface area (Å²) in [6, 6.07) is 7.35. The maximum atomic E-state index is 13.2. The van der Waals surface area contributed by atoms with Crippen LogP contribution in [-0.2, 0) is 15.1 Å². The fourth-order valence-electron chi connectivity index (χ4n) is 4.66. The monoisotopic (exact) mass is 471 g/mol. The van der Waals surface area contributed by atoms with E-state index in [4.69, 9.17) is 4.74 Å². The zero-order valence-electron chi connectivity index (χ0n) is 15.5. The smallest absolute Gasteiger partial charge is 0.349 e. The van der Waals surface area contributed by atoms with Crippen molar-refractivity contribution in [2.45, 2.75) is 37.9 Å². The van der Waals surface area contributed by atoms with E-state index in [0.29, 0.717) is 15.7 Å². The van der Waals surface area contributed by atoms with Crippen molar-refractivity contribution in [1.82, 2.24) is 0 Å². The van der Waals surface area contributed by atoms with Gasteiger partial charge >= 0.3 is 5.97 Å². The Hall–Kier alpha value is -0.730. The van der Waals surface area contributed by atoms with E-state index in [-0.39, 0.29) is 23.1 Å². The largest absolute Gasteiger partial charge is 1.00 e. The van der Waals surface area contributed by atoms with Gasteiger partial charge in [-0.15, -0.1) is 22.7 Å². The number of hydrogen-bond acceptors (Lipinski definition) is 5. The summed E-state index contributed by atoms with van der Waals surface area (Å²) >= 11 is 2.79. The number of thiophene rings is 2. The lowest BCUT2D eigenvalue weighted by Gasteiger charge is -2.52. The van der Waals surface area contributed by atoms with Crippen LogP contribution in [0, 0.1) is 5.92 Å². The van der Waals surface area contributed by atoms with Gasteiger partial charge in [-0.05, 0) is 29.3 Å². The summed E-state index contributed by atoms with van der Waals surface area (Å²) in [7, 11) is 0. The molecule has 2 bridgehead atoms. The summed E-state index contributed by atoms with van der Waals surface area (Å²) in [5.41, 5.74) is -1.69. The fourth-order valence-corrected chi connectivity index (χ4v) is 6.37. The third-order valence-corrected chi connectivity index (χ3v) is 8.01. The first-order valence-corrected chi connectivity index (χ1v) is 11.2. The Morgan fingerprint density at radius 1 is 1.22 bits per heavy atom. The molecule has 5 heterocycles. The number of carbonyl (C=O) groups is 1. The maximum absolute atomic E-state index is 13.2. The molecule has 7 heteroatoms. The summed E-state index contributed by atoms with van der Waals surface area (Å²) in [4.78, 5) is 14.5. The Balaban J connectivity index is 0.00000210. The number of esters is 1. The van der Waals surface area contributed by atoms with Gasteiger partial charge in [0.1, 0.15) is 6.54 Å². The summed E-state index contributed by atoms with van der Waals surface area (Å²) in [5.74, 6) is -0.0810. The third kappa shape index (κ3) is 3.77. The van der Waals surface area contributed by atoms with Gasteiger partial charge in [-0.25, -0.2) is 4.79 Å². The molecule has 1 atom stereocenters. The van der Waals surface area contributed by atoms with Crippen LogP contribution in [-0.4, -0.2) is 47.8 Å². The van der Waals surface area contributed by atoms with E-state index in [0.717, 1.165) is 36.8 Å². The van der Waals surface area contributed by atoms with Crippen molar-refractivity contribution in [1.29, 1.82) is 0 Å². The Kier molecular flexibility index (Phi) is 6.48. The molecule has 0 amide bonds. The van der Waals surface area contributed by atoms with E-state index < -0.39 is 11.6 Å². The normalized spacial score (nSPS) is 27.2. The lowest BCUT2D eigenvalue weighted by atomic mass is 9.83. The average Bonchev–Trinajstić information content (AvgIpc) is 3.36. The molecule has 3 saturated heterocycles. The molecule has 3 aliphatic rings. The standard InChI is InChI=1S/C20H26NO3S2.BrH/c1-2-9-21-10-7-15(8-11-21)16(14-21)24-19(22)20(23,17-5-3-12-25-17)18-6-4-13-26-18;/h3-6,12-13,15-16,23H,2,7-11,14H2,1H3;1H/q+1;/p-1/t15?,16-,21?;/m0./s1. The Labute approximate surface area is 179 Å². The Morgan fingerprint density at radius 2 is 1.81 bits per heavy atom. The number of carbonyl (C=O) groups excluding carboxylic acids is 1. The lowest BCUT2D eigenvalue weighted by molar-refractivity contribution is -0.946. The second-order valence-corrected chi connectivity index (χ2v) is 9.54. The number of quaternary nitrogens is 1. The molecular formula is C20H26BrNO3S2. The molecule has 27 heavy (non-hydrogen) atoms. The molecule has 0 radical (unpaired) electrons. The molecule has 0 aromatic carbocycles. The average molecular weight is 472 g/mol. The van der Waals surface area contributed by atoms with E-state index in [9.17, 15) is 9.90 Å². The number of rotatable bonds is 6. The molecule has 0 unspecified atom stereocenters. The van der Waals surface area contributed by atoms with E-state index in [2.05, 4.69) is 6.92 Å². The molecule has 1 N–H and O–H groups in total. The van der Waals surface area contributed by atoms with Crippen LogP contribution in [0.4, 0.5) is 0 Å². The molecule has 3 aliphatic heterocycles. The molecule has 3 fully saturated rings. The van der Waals surface area contributed by atoms with E-state index in [1.54, 1.807) is 0 Å². The van der Waals surface area contributed by atoms with Crippen molar-refractivity contribution in [2.24, 2.45) is 5.92 Å². The number of aliphatic hydroxyl groups is 1. The van der Waals surface area contributed by atoms with E-state index in [1.807, 2.05) is 35.0 Å². The lowest BCUT2D eigenvalue weighted by Crippen LogP contribution is -3.00. The number of piperidine rings is 3. The predicted molar refractivity (Wildman–Crippen MR) is 104 cm³/mol. The number of hydrogen-bond donors (Lipinski definition) is 1. The van der Waals surface area contributed by atoms with Crippen molar-refractivity contribution < 1.29 is 36.1 Å². The first-order chi connectivity index (χ1) is 12.6. The highest BCUT2D eigenvalue weighted by Crippen LogP contribution is 2.40. The van der Waals surface area contributed by atoms with Gasteiger partial charge in [0.25, 0.3) is 0 Å². The van der Waals surface area contributed by atoms with Crippen LogP contribution in [0.5, 0.6) is 0 Å². The zero-order chi connectivity index (χ0) is 18.2. The summed E-state index contributed by atoms with van der Waals surface area (Å²) in [6.07, 6.45) is 3.31. The molecule has 2 aromatic rings. The first kappa shape index (κ1) is 21.0. The van der Waals surface area contributed by atoms with E-state index in [1.165, 1.54) is 35.8 Å². The highest BCUT2D eigenvalue weighted by molar-refractivity contribution is 7.12. The predicted octanol–water partition coefficient (Wildman–Crippen LogP) is 0.612. The highest BCUT2D eigenvalue weighted by atomic mass is 79.9. The number of halogens is 1. The van der Waals surface area contributed by atoms with Gasteiger partial charge in [-0.3, -0.25) is 0 Å². The summed E-state index contributed by atoms with van der Waals surface area (Å²) in [5, 5.41) is 15.2. The van der Waals surface area contributed by atoms with Crippen LogP contribution in [0.1, 0.15) is 35.9 Å². The van der Waals surface area contributed by atoms with Gasteiger partial charge in [0, 0.05) is 18.8 Å². The quantitative estimate of drug-likeness (QED) is 0.495. The third-order valence-electron chi connectivity index (χ3n) is 6.05. The van der Waals surface area contributed by atoms with Crippen LogP contribution >= 0.6 is 22.7 Å². The topological polar surface area (TPSA) is 46.5 Å². The van der Waals surface area contributed by atoms with Crippen molar-refractivity contribution in [3.05, 3.63) is 44.8 Å². The zero-order valence-corrected chi connectivity index (χ0v) is 18.7. The van der Waals surface area contributed by atoms with Crippen LogP contribution in [0.3, 0.4) is 0 Å². The second-order valence-electron chi connectivity index (χ2n) is 7.64. The minimum absolute atomic E-state index is 0. The van der Waals surface area contributed by atoms with Crippen molar-refractivity contribution in [3.8, 4) is 0 Å². The molecule has 148 valence electrons. The van der Waals surface area contributed by atoms with Crippen LogP contribution < -0.4 is 17.0 Å². The molecule has 4 nitrogen and oxygen atoms in total. The number of ether oxygens (including phenoxy) is 1. The second kappa shape index (κ2) is 8.33. The maximum Gasteiger partial charge on any atom is 0.349 e. The first-order valence-electron chi connectivity index (χ1n) is 9.44. The molecule has 2 aromatic heterocycles.